The number of rotatable bonds is 6. The number of carbonyl (C=O) groups excluding carboxylic acids is 2. The number of nitrogens with one attached hydrogen (secondary N) is 1. The van der Waals surface area contributed by atoms with Crippen LogP contribution in [0.2, 0.25) is 0 Å². The third-order valence-corrected chi connectivity index (χ3v) is 3.66. The Morgan fingerprint density at radius 1 is 1.45 bits per heavy atom. The summed E-state index contributed by atoms with van der Waals surface area (Å²) in [5.74, 6) is -1.76. The van der Waals surface area contributed by atoms with Gasteiger partial charge >= 0.3 is 5.97 Å². The number of aliphatic carboxylic acids is 1. The molecule has 0 aromatic heterocycles. The first-order chi connectivity index (χ1) is 9.31. The van der Waals surface area contributed by atoms with E-state index in [1.807, 2.05) is 13.8 Å². The Morgan fingerprint density at radius 2 is 2.10 bits per heavy atom. The number of amides is 2. The number of carboxylic acid groups (broad SMARTS) is 1. The molecular weight excluding hydrogens is 260 g/mol. The zero-order valence-electron chi connectivity index (χ0n) is 12.4. The Kier molecular flexibility index (Phi) is 5.98. The first-order valence-electron chi connectivity index (χ1n) is 7.05. The van der Waals surface area contributed by atoms with Gasteiger partial charge in [0.2, 0.25) is 11.8 Å². The Labute approximate surface area is 119 Å². The number of carbonyl (C=O) groups is 3. The molecule has 0 saturated carbocycles. The van der Waals surface area contributed by atoms with Crippen molar-refractivity contribution < 1.29 is 19.5 Å². The van der Waals surface area contributed by atoms with Gasteiger partial charge in [0.05, 0.1) is 5.92 Å². The van der Waals surface area contributed by atoms with E-state index < -0.39 is 11.9 Å². The summed E-state index contributed by atoms with van der Waals surface area (Å²) in [5.41, 5.74) is 0. The minimum absolute atomic E-state index is 0.0339. The van der Waals surface area contributed by atoms with Crippen molar-refractivity contribution in [2.45, 2.75) is 33.1 Å². The lowest BCUT2D eigenvalue weighted by Gasteiger charge is -2.28. The van der Waals surface area contributed by atoms with Crippen molar-refractivity contribution >= 4 is 17.8 Å². The van der Waals surface area contributed by atoms with E-state index in [9.17, 15) is 14.4 Å². The number of piperidine rings is 1. The summed E-state index contributed by atoms with van der Waals surface area (Å²) < 4.78 is 0. The van der Waals surface area contributed by atoms with Crippen molar-refractivity contribution in [3.63, 3.8) is 0 Å². The molecule has 0 aromatic rings. The predicted molar refractivity (Wildman–Crippen MR) is 74.0 cm³/mol. The second kappa shape index (κ2) is 7.26. The fourth-order valence-electron chi connectivity index (χ4n) is 2.38. The van der Waals surface area contributed by atoms with Gasteiger partial charge in [0.1, 0.15) is 0 Å². The van der Waals surface area contributed by atoms with Crippen molar-refractivity contribution in [2.75, 3.05) is 20.1 Å². The van der Waals surface area contributed by atoms with Crippen LogP contribution in [0.1, 0.15) is 33.1 Å². The van der Waals surface area contributed by atoms with Crippen LogP contribution in [0, 0.1) is 17.8 Å². The summed E-state index contributed by atoms with van der Waals surface area (Å²) in [7, 11) is 1.72. The van der Waals surface area contributed by atoms with E-state index in [0.29, 0.717) is 19.4 Å². The fourth-order valence-corrected chi connectivity index (χ4v) is 2.38. The van der Waals surface area contributed by atoms with E-state index in [-0.39, 0.29) is 36.6 Å². The van der Waals surface area contributed by atoms with Gasteiger partial charge in [-0.1, -0.05) is 13.8 Å². The number of likely N-dealkylation sites (tertiary alicyclic amines) is 1. The van der Waals surface area contributed by atoms with Gasteiger partial charge in [0.25, 0.3) is 0 Å². The lowest BCUT2D eigenvalue weighted by Crippen LogP contribution is -2.43. The Bertz CT molecular complexity index is 381. The molecule has 114 valence electrons. The monoisotopic (exact) mass is 284 g/mol. The summed E-state index contributed by atoms with van der Waals surface area (Å²) in [6, 6.07) is 0. The molecule has 1 fully saturated rings. The standard InChI is InChI=1S/C14H24N2O4/c1-9(2)6-11(14(19)20)8-15-13(18)10-4-5-16(3)12(17)7-10/h9-11H,4-8H2,1-3H3,(H,15,18)(H,19,20)/t10-,11+/m0/s1. The van der Waals surface area contributed by atoms with Gasteiger partial charge in [-0.05, 0) is 18.8 Å². The number of nitrogens with zero attached hydrogens (tertiary/aromatic N) is 1. The van der Waals surface area contributed by atoms with Crippen molar-refractivity contribution in [3.8, 4) is 0 Å². The average Bonchev–Trinajstić information content (AvgIpc) is 2.36. The third kappa shape index (κ3) is 4.83. The van der Waals surface area contributed by atoms with Crippen molar-refractivity contribution in [1.82, 2.24) is 10.2 Å². The van der Waals surface area contributed by atoms with Gasteiger partial charge in [-0.2, -0.15) is 0 Å². The highest BCUT2D eigenvalue weighted by atomic mass is 16.4. The molecule has 0 aromatic carbocycles. The molecule has 6 heteroatoms. The van der Waals surface area contributed by atoms with Crippen LogP contribution in [0.5, 0.6) is 0 Å². The van der Waals surface area contributed by atoms with Crippen molar-refractivity contribution in [3.05, 3.63) is 0 Å². The Balaban J connectivity index is 2.45. The molecule has 1 aliphatic rings. The fraction of sp³-hybridized carbons (Fsp3) is 0.786. The molecule has 20 heavy (non-hydrogen) atoms. The minimum atomic E-state index is -0.890. The number of hydrogen-bond donors (Lipinski definition) is 2. The SMILES string of the molecule is CC(C)C[C@H](CNC(=O)[C@H]1CCN(C)C(=O)C1)C(=O)O. The second-order valence-electron chi connectivity index (χ2n) is 5.91. The van der Waals surface area contributed by atoms with Crippen LogP contribution in [0.3, 0.4) is 0 Å². The molecule has 0 spiro atoms. The highest BCUT2D eigenvalue weighted by Crippen LogP contribution is 2.18. The first-order valence-corrected chi connectivity index (χ1v) is 7.05. The van der Waals surface area contributed by atoms with E-state index in [2.05, 4.69) is 5.32 Å². The van der Waals surface area contributed by atoms with Crippen molar-refractivity contribution in [1.29, 1.82) is 0 Å². The van der Waals surface area contributed by atoms with Crippen LogP contribution in [-0.2, 0) is 14.4 Å². The lowest BCUT2D eigenvalue weighted by atomic mass is 9.94. The predicted octanol–water partition coefficient (Wildman–Crippen LogP) is 0.718. The normalized spacial score (nSPS) is 20.9. The van der Waals surface area contributed by atoms with E-state index in [1.165, 1.54) is 0 Å². The molecule has 6 nitrogen and oxygen atoms in total. The lowest BCUT2D eigenvalue weighted by molar-refractivity contribution is -0.143. The van der Waals surface area contributed by atoms with Crippen LogP contribution in [0.15, 0.2) is 0 Å². The summed E-state index contributed by atoms with van der Waals surface area (Å²) in [5, 5.41) is 11.8. The largest absolute Gasteiger partial charge is 0.481 e. The smallest absolute Gasteiger partial charge is 0.308 e. The van der Waals surface area contributed by atoms with Gasteiger partial charge in [-0.3, -0.25) is 14.4 Å². The molecule has 1 aliphatic heterocycles. The number of hydrogen-bond acceptors (Lipinski definition) is 3. The first kappa shape index (κ1) is 16.5. The van der Waals surface area contributed by atoms with Crippen LogP contribution in [0.4, 0.5) is 0 Å². The minimum Gasteiger partial charge on any atom is -0.481 e. The summed E-state index contributed by atoms with van der Waals surface area (Å²) in [6.07, 6.45) is 1.38. The highest BCUT2D eigenvalue weighted by Gasteiger charge is 2.29. The molecule has 0 bridgehead atoms. The average molecular weight is 284 g/mol. The topological polar surface area (TPSA) is 86.7 Å². The zero-order valence-corrected chi connectivity index (χ0v) is 12.4. The third-order valence-electron chi connectivity index (χ3n) is 3.66. The molecule has 1 saturated heterocycles. The highest BCUT2D eigenvalue weighted by molar-refractivity contribution is 5.87. The Morgan fingerprint density at radius 3 is 2.60 bits per heavy atom. The van der Waals surface area contributed by atoms with Crippen LogP contribution < -0.4 is 5.32 Å². The molecule has 0 radical (unpaired) electrons. The van der Waals surface area contributed by atoms with Crippen LogP contribution in [0.25, 0.3) is 0 Å². The van der Waals surface area contributed by atoms with Gasteiger partial charge < -0.3 is 15.3 Å². The van der Waals surface area contributed by atoms with E-state index >= 15 is 0 Å². The number of carboxylic acids is 1. The second-order valence-corrected chi connectivity index (χ2v) is 5.91. The van der Waals surface area contributed by atoms with Crippen molar-refractivity contribution in [2.24, 2.45) is 17.8 Å². The van der Waals surface area contributed by atoms with E-state index in [1.54, 1.807) is 11.9 Å². The molecule has 1 heterocycles. The molecule has 2 amide bonds. The van der Waals surface area contributed by atoms with E-state index in [0.717, 1.165) is 0 Å². The van der Waals surface area contributed by atoms with Gasteiger partial charge in [0.15, 0.2) is 0 Å². The van der Waals surface area contributed by atoms with E-state index in [4.69, 9.17) is 5.11 Å². The quantitative estimate of drug-likeness (QED) is 0.752. The van der Waals surface area contributed by atoms with Crippen LogP contribution in [-0.4, -0.2) is 47.9 Å². The van der Waals surface area contributed by atoms with Crippen LogP contribution >= 0.6 is 0 Å². The molecule has 1 rings (SSSR count). The molecular formula is C14H24N2O4. The molecule has 2 N–H and O–H groups in total. The van der Waals surface area contributed by atoms with Gasteiger partial charge in [-0.25, -0.2) is 0 Å². The molecule has 2 atom stereocenters. The zero-order chi connectivity index (χ0) is 15.3. The summed E-state index contributed by atoms with van der Waals surface area (Å²) in [6.45, 7) is 4.61. The Hall–Kier alpha value is -1.59. The molecule has 0 aliphatic carbocycles. The maximum absolute atomic E-state index is 12.0. The van der Waals surface area contributed by atoms with Gasteiger partial charge in [0, 0.05) is 32.5 Å². The van der Waals surface area contributed by atoms with Gasteiger partial charge in [-0.15, -0.1) is 0 Å². The summed E-state index contributed by atoms with van der Waals surface area (Å²) in [4.78, 5) is 36.3. The maximum Gasteiger partial charge on any atom is 0.308 e. The molecule has 0 unspecified atom stereocenters. The maximum atomic E-state index is 12.0. The summed E-state index contributed by atoms with van der Waals surface area (Å²) >= 11 is 0.